The zero-order valence-electron chi connectivity index (χ0n) is 12.7. The molecule has 0 aliphatic heterocycles. The van der Waals surface area contributed by atoms with Gasteiger partial charge in [-0.3, -0.25) is 0 Å². The van der Waals surface area contributed by atoms with E-state index >= 15 is 0 Å². The van der Waals surface area contributed by atoms with Gasteiger partial charge < -0.3 is 10.1 Å². The molecule has 1 aromatic rings. The zero-order valence-corrected chi connectivity index (χ0v) is 12.7. The van der Waals surface area contributed by atoms with Gasteiger partial charge in [-0.2, -0.15) is 0 Å². The second-order valence-corrected chi connectivity index (χ2v) is 5.86. The maximum atomic E-state index is 13.1. The van der Waals surface area contributed by atoms with Crippen molar-refractivity contribution in [3.63, 3.8) is 0 Å². The highest BCUT2D eigenvalue weighted by molar-refractivity contribution is 5.32. The summed E-state index contributed by atoms with van der Waals surface area (Å²) >= 11 is 0. The van der Waals surface area contributed by atoms with Gasteiger partial charge in [0.2, 0.25) is 0 Å². The summed E-state index contributed by atoms with van der Waals surface area (Å²) in [6.07, 6.45) is 0.0999. The fourth-order valence-corrected chi connectivity index (χ4v) is 1.84. The van der Waals surface area contributed by atoms with Crippen LogP contribution < -0.4 is 10.1 Å². The molecular formula is C16H26FNO. The first-order chi connectivity index (χ1) is 8.90. The van der Waals surface area contributed by atoms with Crippen LogP contribution in [-0.4, -0.2) is 19.2 Å². The Hall–Kier alpha value is -1.09. The molecule has 1 unspecified atom stereocenters. The Morgan fingerprint density at radius 1 is 1.16 bits per heavy atom. The van der Waals surface area contributed by atoms with E-state index in [1.165, 1.54) is 12.1 Å². The van der Waals surface area contributed by atoms with Crippen molar-refractivity contribution in [1.82, 2.24) is 5.32 Å². The van der Waals surface area contributed by atoms with Gasteiger partial charge in [-0.15, -0.1) is 0 Å². The van der Waals surface area contributed by atoms with Crippen LogP contribution in [0.5, 0.6) is 5.75 Å². The van der Waals surface area contributed by atoms with E-state index in [9.17, 15) is 4.39 Å². The molecule has 0 aliphatic rings. The van der Waals surface area contributed by atoms with E-state index in [1.54, 1.807) is 6.07 Å². The molecule has 1 rings (SSSR count). The van der Waals surface area contributed by atoms with E-state index in [1.807, 2.05) is 6.92 Å². The van der Waals surface area contributed by atoms with Crippen molar-refractivity contribution in [1.29, 1.82) is 0 Å². The molecule has 19 heavy (non-hydrogen) atoms. The Morgan fingerprint density at radius 2 is 1.84 bits per heavy atom. The summed E-state index contributed by atoms with van der Waals surface area (Å²) in [6.45, 7) is 12.3. The van der Waals surface area contributed by atoms with Crippen LogP contribution in [0.25, 0.3) is 0 Å². The van der Waals surface area contributed by atoms with Crippen molar-refractivity contribution in [2.24, 2.45) is 11.8 Å². The third-order valence-electron chi connectivity index (χ3n) is 3.06. The zero-order chi connectivity index (χ0) is 14.4. The molecule has 0 aliphatic carbocycles. The summed E-state index contributed by atoms with van der Waals surface area (Å²) in [5, 5.41) is 3.42. The molecule has 2 nitrogen and oxygen atoms in total. The van der Waals surface area contributed by atoms with Gasteiger partial charge in [0.25, 0.3) is 0 Å². The SMILES string of the molecule is Cc1cc(F)ccc1OC(CNCC(C)C)C(C)C. The van der Waals surface area contributed by atoms with Gasteiger partial charge in [0.05, 0.1) is 0 Å². The molecule has 1 N–H and O–H groups in total. The van der Waals surface area contributed by atoms with E-state index in [0.717, 1.165) is 24.4 Å². The van der Waals surface area contributed by atoms with Crippen LogP contribution in [0.4, 0.5) is 4.39 Å². The van der Waals surface area contributed by atoms with Crippen LogP contribution >= 0.6 is 0 Å². The first-order valence-electron chi connectivity index (χ1n) is 7.03. The van der Waals surface area contributed by atoms with Crippen LogP contribution in [0.3, 0.4) is 0 Å². The molecule has 3 heteroatoms. The van der Waals surface area contributed by atoms with Crippen LogP contribution in [0.15, 0.2) is 18.2 Å². The number of aryl methyl sites for hydroxylation is 1. The van der Waals surface area contributed by atoms with Gasteiger partial charge in [0, 0.05) is 6.54 Å². The van der Waals surface area contributed by atoms with Crippen molar-refractivity contribution in [3.05, 3.63) is 29.6 Å². The van der Waals surface area contributed by atoms with E-state index in [4.69, 9.17) is 4.74 Å². The molecule has 1 aromatic carbocycles. The molecule has 0 saturated carbocycles. The van der Waals surface area contributed by atoms with Crippen LogP contribution in [0.1, 0.15) is 33.3 Å². The maximum absolute atomic E-state index is 13.1. The lowest BCUT2D eigenvalue weighted by molar-refractivity contribution is 0.147. The van der Waals surface area contributed by atoms with Gasteiger partial charge in [0.1, 0.15) is 17.7 Å². The van der Waals surface area contributed by atoms with Crippen molar-refractivity contribution in [2.45, 2.75) is 40.7 Å². The summed E-state index contributed by atoms with van der Waals surface area (Å²) in [6, 6.07) is 4.66. The number of benzene rings is 1. The van der Waals surface area contributed by atoms with Crippen LogP contribution in [-0.2, 0) is 0 Å². The summed E-state index contributed by atoms with van der Waals surface area (Å²) in [5.41, 5.74) is 0.842. The molecule has 0 bridgehead atoms. The smallest absolute Gasteiger partial charge is 0.123 e. The Labute approximate surface area is 116 Å². The van der Waals surface area contributed by atoms with E-state index < -0.39 is 0 Å². The molecule has 0 saturated heterocycles. The van der Waals surface area contributed by atoms with Crippen molar-refractivity contribution in [2.75, 3.05) is 13.1 Å². The van der Waals surface area contributed by atoms with Crippen molar-refractivity contribution >= 4 is 0 Å². The Bertz CT molecular complexity index is 390. The second-order valence-electron chi connectivity index (χ2n) is 5.86. The number of hydrogen-bond donors (Lipinski definition) is 1. The van der Waals surface area contributed by atoms with Crippen molar-refractivity contribution < 1.29 is 9.13 Å². The standard InChI is InChI=1S/C16H26FNO/c1-11(2)9-18-10-16(12(3)4)19-15-7-6-14(17)8-13(15)5/h6-8,11-12,16,18H,9-10H2,1-5H3. The number of ether oxygens (including phenoxy) is 1. The Kier molecular flexibility index (Phi) is 6.29. The minimum Gasteiger partial charge on any atom is -0.489 e. The minimum atomic E-state index is -0.219. The molecule has 0 heterocycles. The largest absolute Gasteiger partial charge is 0.489 e. The van der Waals surface area contributed by atoms with E-state index in [-0.39, 0.29) is 11.9 Å². The molecule has 108 valence electrons. The summed E-state index contributed by atoms with van der Waals surface area (Å²) in [4.78, 5) is 0. The van der Waals surface area contributed by atoms with E-state index in [2.05, 4.69) is 33.0 Å². The average molecular weight is 267 g/mol. The second kappa shape index (κ2) is 7.49. The first-order valence-corrected chi connectivity index (χ1v) is 7.03. The number of hydrogen-bond acceptors (Lipinski definition) is 2. The highest BCUT2D eigenvalue weighted by Crippen LogP contribution is 2.21. The molecule has 0 spiro atoms. The highest BCUT2D eigenvalue weighted by Gasteiger charge is 2.16. The summed E-state index contributed by atoms with van der Waals surface area (Å²) in [5.74, 6) is 1.58. The van der Waals surface area contributed by atoms with Gasteiger partial charge in [-0.25, -0.2) is 4.39 Å². The highest BCUT2D eigenvalue weighted by atomic mass is 19.1. The third kappa shape index (κ3) is 5.60. The van der Waals surface area contributed by atoms with Crippen LogP contribution in [0.2, 0.25) is 0 Å². The molecular weight excluding hydrogens is 241 g/mol. The molecule has 0 aromatic heterocycles. The van der Waals surface area contributed by atoms with E-state index in [0.29, 0.717) is 11.8 Å². The Morgan fingerprint density at radius 3 is 2.37 bits per heavy atom. The predicted molar refractivity (Wildman–Crippen MR) is 78.1 cm³/mol. The monoisotopic (exact) mass is 267 g/mol. The molecule has 1 atom stereocenters. The number of rotatable bonds is 7. The molecule has 0 amide bonds. The van der Waals surface area contributed by atoms with Gasteiger partial charge >= 0.3 is 0 Å². The number of nitrogens with one attached hydrogen (secondary N) is 1. The quantitative estimate of drug-likeness (QED) is 0.811. The topological polar surface area (TPSA) is 21.3 Å². The molecule has 0 fully saturated rings. The van der Waals surface area contributed by atoms with Gasteiger partial charge in [0.15, 0.2) is 0 Å². The summed E-state index contributed by atoms with van der Waals surface area (Å²) < 4.78 is 19.1. The lowest BCUT2D eigenvalue weighted by Crippen LogP contribution is -2.37. The number of halogens is 1. The van der Waals surface area contributed by atoms with Gasteiger partial charge in [-0.1, -0.05) is 27.7 Å². The predicted octanol–water partition coefficient (Wildman–Crippen LogP) is 3.78. The normalized spacial score (nSPS) is 13.1. The fourth-order valence-electron chi connectivity index (χ4n) is 1.84. The van der Waals surface area contributed by atoms with Crippen molar-refractivity contribution in [3.8, 4) is 5.75 Å². The minimum absolute atomic E-state index is 0.0999. The summed E-state index contributed by atoms with van der Waals surface area (Å²) in [7, 11) is 0. The average Bonchev–Trinajstić information content (AvgIpc) is 2.30. The third-order valence-corrected chi connectivity index (χ3v) is 3.06. The maximum Gasteiger partial charge on any atom is 0.123 e. The van der Waals surface area contributed by atoms with Crippen LogP contribution in [0, 0.1) is 24.6 Å². The first kappa shape index (κ1) is 16.0. The molecule has 0 radical (unpaired) electrons. The fraction of sp³-hybridized carbons (Fsp3) is 0.625. The lowest BCUT2D eigenvalue weighted by atomic mass is 10.1. The Balaban J connectivity index is 2.62. The lowest BCUT2D eigenvalue weighted by Gasteiger charge is -2.24. The van der Waals surface area contributed by atoms with Gasteiger partial charge in [-0.05, 0) is 49.1 Å².